The SMILES string of the molecule is COc1ccc(CN(C(=O)CCc2ccc(S(=O)(=O)N3CCCC3)cc2)[C@H](C(=O)NCCc2ccccc2)c2ccccc2)cc1. The Morgan fingerprint density at radius 2 is 1.37 bits per heavy atom. The van der Waals surface area contributed by atoms with Gasteiger partial charge in [-0.05, 0) is 72.2 Å². The number of rotatable bonds is 14. The van der Waals surface area contributed by atoms with Crippen molar-refractivity contribution in [2.75, 3.05) is 26.7 Å². The molecule has 9 heteroatoms. The van der Waals surface area contributed by atoms with Crippen LogP contribution in [0.5, 0.6) is 5.75 Å². The minimum absolute atomic E-state index is 0.148. The third-order valence-corrected chi connectivity index (χ3v) is 10.2. The largest absolute Gasteiger partial charge is 0.497 e. The molecule has 4 aromatic carbocycles. The van der Waals surface area contributed by atoms with E-state index in [9.17, 15) is 18.0 Å². The first-order valence-corrected chi connectivity index (χ1v) is 17.2. The molecule has 1 atom stereocenters. The number of amides is 2. The Morgan fingerprint density at radius 1 is 0.783 bits per heavy atom. The molecule has 0 unspecified atom stereocenters. The Bertz CT molecular complexity index is 1670. The summed E-state index contributed by atoms with van der Waals surface area (Å²) < 4.78 is 32.8. The van der Waals surface area contributed by atoms with Crippen LogP contribution in [0.4, 0.5) is 0 Å². The van der Waals surface area contributed by atoms with Gasteiger partial charge in [0, 0.05) is 32.6 Å². The maximum atomic E-state index is 14.1. The third-order valence-electron chi connectivity index (χ3n) is 8.32. The second kappa shape index (κ2) is 15.7. The summed E-state index contributed by atoms with van der Waals surface area (Å²) in [7, 11) is -1.91. The molecule has 0 bridgehead atoms. The molecular formula is C37H41N3O5S. The molecule has 2 amide bonds. The predicted octanol–water partition coefficient (Wildman–Crippen LogP) is 5.54. The summed E-state index contributed by atoms with van der Waals surface area (Å²) in [5, 5.41) is 3.07. The lowest BCUT2D eigenvalue weighted by molar-refractivity contribution is -0.141. The molecule has 46 heavy (non-hydrogen) atoms. The van der Waals surface area contributed by atoms with Crippen molar-refractivity contribution < 1.29 is 22.7 Å². The molecule has 1 fully saturated rings. The van der Waals surface area contributed by atoms with Crippen molar-refractivity contribution >= 4 is 21.8 Å². The van der Waals surface area contributed by atoms with Crippen LogP contribution in [-0.4, -0.2) is 56.2 Å². The molecule has 1 N–H and O–H groups in total. The van der Waals surface area contributed by atoms with Gasteiger partial charge in [-0.1, -0.05) is 84.9 Å². The molecule has 0 aromatic heterocycles. The fourth-order valence-electron chi connectivity index (χ4n) is 5.73. The highest BCUT2D eigenvalue weighted by Gasteiger charge is 2.31. The van der Waals surface area contributed by atoms with Gasteiger partial charge < -0.3 is 15.0 Å². The van der Waals surface area contributed by atoms with Gasteiger partial charge in [-0.3, -0.25) is 9.59 Å². The maximum Gasteiger partial charge on any atom is 0.247 e. The van der Waals surface area contributed by atoms with Crippen LogP contribution in [0.25, 0.3) is 0 Å². The van der Waals surface area contributed by atoms with Crippen molar-refractivity contribution in [2.24, 2.45) is 0 Å². The number of carbonyl (C=O) groups is 2. The summed E-state index contributed by atoms with van der Waals surface area (Å²) in [6.45, 7) is 1.75. The van der Waals surface area contributed by atoms with Crippen molar-refractivity contribution in [3.05, 3.63) is 131 Å². The van der Waals surface area contributed by atoms with E-state index < -0.39 is 16.1 Å². The average Bonchev–Trinajstić information content (AvgIpc) is 3.65. The van der Waals surface area contributed by atoms with Gasteiger partial charge in [0.05, 0.1) is 12.0 Å². The monoisotopic (exact) mass is 639 g/mol. The summed E-state index contributed by atoms with van der Waals surface area (Å²) >= 11 is 0. The number of hydrogen-bond acceptors (Lipinski definition) is 5. The highest BCUT2D eigenvalue weighted by atomic mass is 32.2. The second-order valence-corrected chi connectivity index (χ2v) is 13.4. The normalized spacial score (nSPS) is 14.0. The number of sulfonamides is 1. The Balaban J connectivity index is 1.36. The number of aryl methyl sites for hydroxylation is 1. The minimum Gasteiger partial charge on any atom is -0.497 e. The molecule has 1 aliphatic heterocycles. The molecular weight excluding hydrogens is 598 g/mol. The van der Waals surface area contributed by atoms with Crippen molar-refractivity contribution in [1.29, 1.82) is 0 Å². The van der Waals surface area contributed by atoms with Gasteiger partial charge in [0.1, 0.15) is 11.8 Å². The van der Waals surface area contributed by atoms with Crippen molar-refractivity contribution in [2.45, 2.75) is 49.6 Å². The Labute approximate surface area is 272 Å². The highest BCUT2D eigenvalue weighted by molar-refractivity contribution is 7.89. The maximum absolute atomic E-state index is 14.1. The summed E-state index contributed by atoms with van der Waals surface area (Å²) in [6, 6.07) is 32.7. The molecule has 1 heterocycles. The van der Waals surface area contributed by atoms with Crippen LogP contribution < -0.4 is 10.1 Å². The molecule has 240 valence electrons. The standard InChI is InChI=1S/C37H41N3O5S/c1-45-33-19-14-31(15-20-33)28-40(35(41)23-18-30-16-21-34(22-17-30)46(43,44)39-26-8-9-27-39)36(32-12-6-3-7-13-32)37(42)38-25-24-29-10-4-2-5-11-29/h2-7,10-17,19-22,36H,8-9,18,23-28H2,1H3,(H,38,42)/t36-/m0/s1. The number of benzene rings is 4. The number of nitrogens with zero attached hydrogens (tertiary/aromatic N) is 2. The lowest BCUT2D eigenvalue weighted by Crippen LogP contribution is -2.44. The van der Waals surface area contributed by atoms with Crippen LogP contribution in [0.1, 0.15) is 47.6 Å². The second-order valence-electron chi connectivity index (χ2n) is 11.5. The zero-order valence-corrected chi connectivity index (χ0v) is 27.0. The van der Waals surface area contributed by atoms with E-state index in [0.717, 1.165) is 35.1 Å². The number of ether oxygens (including phenoxy) is 1. The number of carbonyl (C=O) groups excluding carboxylic acids is 2. The summed E-state index contributed by atoms with van der Waals surface area (Å²) in [5.41, 5.74) is 3.55. The Hall–Kier alpha value is -4.47. The number of nitrogens with one attached hydrogen (secondary N) is 1. The van der Waals surface area contributed by atoms with Crippen molar-refractivity contribution in [3.63, 3.8) is 0 Å². The van der Waals surface area contributed by atoms with E-state index in [2.05, 4.69) is 5.32 Å². The topological polar surface area (TPSA) is 96.0 Å². The van der Waals surface area contributed by atoms with Gasteiger partial charge in [0.25, 0.3) is 0 Å². The minimum atomic E-state index is -3.51. The summed E-state index contributed by atoms with van der Waals surface area (Å²) in [4.78, 5) is 29.9. The molecule has 0 spiro atoms. The van der Waals surface area contributed by atoms with Crippen LogP contribution in [0.3, 0.4) is 0 Å². The fourth-order valence-corrected chi connectivity index (χ4v) is 7.25. The molecule has 8 nitrogen and oxygen atoms in total. The Kier molecular flexibility index (Phi) is 11.2. The smallest absolute Gasteiger partial charge is 0.247 e. The zero-order chi connectivity index (χ0) is 32.4. The van der Waals surface area contributed by atoms with Crippen molar-refractivity contribution in [1.82, 2.24) is 14.5 Å². The van der Waals surface area contributed by atoms with E-state index in [1.54, 1.807) is 36.3 Å². The number of hydrogen-bond donors (Lipinski definition) is 1. The highest BCUT2D eigenvalue weighted by Crippen LogP contribution is 2.27. The van der Waals surface area contributed by atoms with Crippen LogP contribution in [0.15, 0.2) is 114 Å². The van der Waals surface area contributed by atoms with Gasteiger partial charge in [-0.2, -0.15) is 4.31 Å². The van der Waals surface area contributed by atoms with Gasteiger partial charge in [-0.25, -0.2) is 8.42 Å². The molecule has 0 radical (unpaired) electrons. The van der Waals surface area contributed by atoms with E-state index >= 15 is 0 Å². The quantitative estimate of drug-likeness (QED) is 0.196. The number of methoxy groups -OCH3 is 1. The summed E-state index contributed by atoms with van der Waals surface area (Å²) in [5.74, 6) is 0.271. The molecule has 0 saturated carbocycles. The Morgan fingerprint density at radius 3 is 2.00 bits per heavy atom. The fraction of sp³-hybridized carbons (Fsp3) is 0.297. The van der Waals surface area contributed by atoms with Crippen molar-refractivity contribution in [3.8, 4) is 5.75 Å². The molecule has 1 saturated heterocycles. The molecule has 1 aliphatic rings. The zero-order valence-electron chi connectivity index (χ0n) is 26.2. The summed E-state index contributed by atoms with van der Waals surface area (Å²) in [6.07, 6.45) is 2.97. The molecule has 4 aromatic rings. The molecule has 5 rings (SSSR count). The van der Waals surface area contributed by atoms with E-state index in [-0.39, 0.29) is 29.7 Å². The van der Waals surface area contributed by atoms with Crippen LogP contribution in [-0.2, 0) is 39.0 Å². The van der Waals surface area contributed by atoms with Crippen LogP contribution in [0.2, 0.25) is 0 Å². The first-order valence-electron chi connectivity index (χ1n) is 15.7. The predicted molar refractivity (Wildman–Crippen MR) is 179 cm³/mol. The van der Waals surface area contributed by atoms with E-state index in [4.69, 9.17) is 4.74 Å². The van der Waals surface area contributed by atoms with Gasteiger partial charge in [0.15, 0.2) is 0 Å². The molecule has 0 aliphatic carbocycles. The van der Waals surface area contributed by atoms with E-state index in [0.29, 0.717) is 38.2 Å². The van der Waals surface area contributed by atoms with Gasteiger partial charge >= 0.3 is 0 Å². The van der Waals surface area contributed by atoms with Gasteiger partial charge in [-0.15, -0.1) is 0 Å². The lowest BCUT2D eigenvalue weighted by Gasteiger charge is -2.32. The van der Waals surface area contributed by atoms with E-state index in [1.165, 1.54) is 4.31 Å². The third kappa shape index (κ3) is 8.41. The van der Waals surface area contributed by atoms with Gasteiger partial charge in [0.2, 0.25) is 21.8 Å². The first kappa shape index (κ1) is 32.9. The average molecular weight is 640 g/mol. The first-order chi connectivity index (χ1) is 22.3. The van der Waals surface area contributed by atoms with E-state index in [1.807, 2.05) is 84.9 Å². The van der Waals surface area contributed by atoms with Crippen LogP contribution in [0, 0.1) is 0 Å². The van der Waals surface area contributed by atoms with Crippen LogP contribution >= 0.6 is 0 Å². The lowest BCUT2D eigenvalue weighted by atomic mass is 10.0.